The Balaban J connectivity index is 1.41. The monoisotopic (exact) mass is 430 g/mol. The molecule has 1 fully saturated rings. The minimum atomic E-state index is -1.25. The summed E-state index contributed by atoms with van der Waals surface area (Å²) in [6, 6.07) is 4.68. The Morgan fingerprint density at radius 3 is 2.71 bits per heavy atom. The van der Waals surface area contributed by atoms with Crippen molar-refractivity contribution >= 4 is 23.3 Å². The first kappa shape index (κ1) is 21.0. The average Bonchev–Trinajstić information content (AvgIpc) is 3.36. The van der Waals surface area contributed by atoms with Crippen LogP contribution in [-0.4, -0.2) is 79.7 Å². The zero-order chi connectivity index (χ0) is 22.2. The third-order valence-electron chi connectivity index (χ3n) is 5.11. The molecule has 10 nitrogen and oxygen atoms in total. The van der Waals surface area contributed by atoms with Crippen LogP contribution < -0.4 is 11.1 Å². The minimum absolute atomic E-state index is 0.0443. The standard InChI is InChI=1S/C20H27FN8O2/c1-13(18(30)28-8-6-27(7-9-28)12-20(2,3)21)23-15-11-16-25-17(14-5-4-10-31-14)26-29(16)19(22)24-15/h4-5,10-11,13,23H,6-9,12H2,1-3H3,(H2,22,24)/t13-/m0/s1. The van der Waals surface area contributed by atoms with Gasteiger partial charge in [-0.2, -0.15) is 9.50 Å². The Kier molecular flexibility index (Phi) is 5.52. The summed E-state index contributed by atoms with van der Waals surface area (Å²) in [5.41, 5.74) is 5.27. The number of nitrogens with two attached hydrogens (primary N) is 1. The van der Waals surface area contributed by atoms with Crippen LogP contribution in [0.5, 0.6) is 0 Å². The van der Waals surface area contributed by atoms with Gasteiger partial charge in [0.25, 0.3) is 0 Å². The summed E-state index contributed by atoms with van der Waals surface area (Å²) < 4.78 is 20.6. The highest BCUT2D eigenvalue weighted by molar-refractivity contribution is 5.84. The first-order chi connectivity index (χ1) is 14.7. The molecule has 1 atom stereocenters. The molecule has 4 heterocycles. The second-order valence-corrected chi connectivity index (χ2v) is 8.37. The van der Waals surface area contributed by atoms with Crippen LogP contribution in [0, 0.1) is 0 Å². The van der Waals surface area contributed by atoms with E-state index in [1.807, 2.05) is 4.90 Å². The Morgan fingerprint density at radius 1 is 1.32 bits per heavy atom. The number of rotatable bonds is 6. The molecule has 0 spiro atoms. The van der Waals surface area contributed by atoms with E-state index in [-0.39, 0.29) is 11.9 Å². The largest absolute Gasteiger partial charge is 0.461 e. The predicted molar refractivity (Wildman–Crippen MR) is 114 cm³/mol. The fourth-order valence-corrected chi connectivity index (χ4v) is 3.71. The zero-order valence-corrected chi connectivity index (χ0v) is 17.9. The number of halogens is 1. The first-order valence-corrected chi connectivity index (χ1v) is 10.2. The smallest absolute Gasteiger partial charge is 0.244 e. The molecule has 3 N–H and O–H groups in total. The van der Waals surface area contributed by atoms with Gasteiger partial charge in [0.2, 0.25) is 17.7 Å². The summed E-state index contributed by atoms with van der Waals surface area (Å²) in [6.07, 6.45) is 1.54. The maximum Gasteiger partial charge on any atom is 0.244 e. The molecular formula is C20H27FN8O2. The molecule has 0 radical (unpaired) electrons. The van der Waals surface area contributed by atoms with Gasteiger partial charge in [-0.25, -0.2) is 9.37 Å². The van der Waals surface area contributed by atoms with E-state index in [1.165, 1.54) is 4.52 Å². The number of nitrogens with zero attached hydrogens (tertiary/aromatic N) is 6. The van der Waals surface area contributed by atoms with Gasteiger partial charge in [-0.1, -0.05) is 0 Å². The number of aromatic nitrogens is 4. The number of amides is 1. The van der Waals surface area contributed by atoms with Crippen molar-refractivity contribution in [2.45, 2.75) is 32.5 Å². The van der Waals surface area contributed by atoms with E-state index < -0.39 is 11.7 Å². The van der Waals surface area contributed by atoms with Crippen molar-refractivity contribution in [3.05, 3.63) is 24.5 Å². The van der Waals surface area contributed by atoms with Gasteiger partial charge in [0.1, 0.15) is 17.5 Å². The van der Waals surface area contributed by atoms with E-state index in [0.717, 1.165) is 0 Å². The van der Waals surface area contributed by atoms with Crippen LogP contribution in [0.2, 0.25) is 0 Å². The summed E-state index contributed by atoms with van der Waals surface area (Å²) >= 11 is 0. The molecule has 0 aliphatic carbocycles. The molecule has 0 unspecified atom stereocenters. The first-order valence-electron chi connectivity index (χ1n) is 10.2. The second kappa shape index (κ2) is 8.14. The van der Waals surface area contributed by atoms with Crippen molar-refractivity contribution in [3.63, 3.8) is 0 Å². The summed E-state index contributed by atoms with van der Waals surface area (Å²) in [7, 11) is 0. The topological polar surface area (TPSA) is 118 Å². The van der Waals surface area contributed by atoms with Crippen molar-refractivity contribution in [2.24, 2.45) is 0 Å². The number of nitrogen functional groups attached to an aromatic ring is 1. The quantitative estimate of drug-likeness (QED) is 0.606. The number of carbonyl (C=O) groups is 1. The number of anilines is 2. The molecule has 1 saturated heterocycles. The molecule has 0 aromatic carbocycles. The van der Waals surface area contributed by atoms with Gasteiger partial charge >= 0.3 is 0 Å². The van der Waals surface area contributed by atoms with Crippen molar-refractivity contribution in [1.29, 1.82) is 0 Å². The van der Waals surface area contributed by atoms with E-state index >= 15 is 0 Å². The lowest BCUT2D eigenvalue weighted by Gasteiger charge is -2.37. The Bertz CT molecular complexity index is 1050. The summed E-state index contributed by atoms with van der Waals surface area (Å²) in [4.78, 5) is 25.4. The molecule has 3 aromatic heterocycles. The molecule has 0 bridgehead atoms. The highest BCUT2D eigenvalue weighted by Gasteiger charge is 2.28. The second-order valence-electron chi connectivity index (χ2n) is 8.37. The number of piperazine rings is 1. The fourth-order valence-electron chi connectivity index (χ4n) is 3.71. The van der Waals surface area contributed by atoms with Crippen LogP contribution in [0.4, 0.5) is 16.2 Å². The number of fused-ring (bicyclic) bond motifs is 1. The van der Waals surface area contributed by atoms with E-state index in [4.69, 9.17) is 10.2 Å². The molecular weight excluding hydrogens is 403 g/mol. The molecule has 11 heteroatoms. The van der Waals surface area contributed by atoms with Crippen molar-refractivity contribution in [1.82, 2.24) is 29.4 Å². The van der Waals surface area contributed by atoms with Crippen LogP contribution in [0.1, 0.15) is 20.8 Å². The highest BCUT2D eigenvalue weighted by atomic mass is 19.1. The van der Waals surface area contributed by atoms with Gasteiger partial charge in [-0.3, -0.25) is 9.69 Å². The normalized spacial score (nSPS) is 16.6. The van der Waals surface area contributed by atoms with Gasteiger partial charge in [-0.15, -0.1) is 5.10 Å². The number of carbonyl (C=O) groups excluding carboxylic acids is 1. The summed E-state index contributed by atoms with van der Waals surface area (Å²) in [5, 5.41) is 7.41. The SMILES string of the molecule is C[C@H](Nc1cc2nc(-c3ccco3)nn2c(N)n1)C(=O)N1CCN(CC(C)(C)F)CC1. The molecule has 1 amide bonds. The van der Waals surface area contributed by atoms with Gasteiger partial charge in [0.05, 0.1) is 6.26 Å². The van der Waals surface area contributed by atoms with Gasteiger partial charge in [0.15, 0.2) is 11.4 Å². The lowest BCUT2D eigenvalue weighted by atomic mass is 10.1. The Labute approximate surface area is 179 Å². The van der Waals surface area contributed by atoms with Crippen LogP contribution in [0.15, 0.2) is 28.9 Å². The average molecular weight is 430 g/mol. The fraction of sp³-hybridized carbons (Fsp3) is 0.500. The van der Waals surface area contributed by atoms with Crippen LogP contribution in [0.25, 0.3) is 17.2 Å². The van der Waals surface area contributed by atoms with E-state index in [1.54, 1.807) is 50.1 Å². The van der Waals surface area contributed by atoms with Crippen LogP contribution in [-0.2, 0) is 4.79 Å². The van der Waals surface area contributed by atoms with Crippen molar-refractivity contribution in [2.75, 3.05) is 43.8 Å². The zero-order valence-electron chi connectivity index (χ0n) is 17.9. The van der Waals surface area contributed by atoms with Crippen LogP contribution in [0.3, 0.4) is 0 Å². The van der Waals surface area contributed by atoms with Gasteiger partial charge in [-0.05, 0) is 32.9 Å². The molecule has 166 valence electrons. The molecule has 31 heavy (non-hydrogen) atoms. The van der Waals surface area contributed by atoms with Crippen molar-refractivity contribution in [3.8, 4) is 11.6 Å². The van der Waals surface area contributed by atoms with E-state index in [9.17, 15) is 9.18 Å². The maximum atomic E-state index is 13.9. The molecule has 4 rings (SSSR count). The number of furan rings is 1. The third-order valence-corrected chi connectivity index (χ3v) is 5.11. The van der Waals surface area contributed by atoms with E-state index in [0.29, 0.717) is 55.8 Å². The number of hydrogen-bond acceptors (Lipinski definition) is 8. The Morgan fingerprint density at radius 2 is 2.06 bits per heavy atom. The van der Waals surface area contributed by atoms with Gasteiger partial charge < -0.3 is 20.4 Å². The molecule has 1 aliphatic heterocycles. The molecule has 1 aliphatic rings. The summed E-state index contributed by atoms with van der Waals surface area (Å²) in [5.74, 6) is 1.46. The lowest BCUT2D eigenvalue weighted by molar-refractivity contribution is -0.133. The van der Waals surface area contributed by atoms with E-state index in [2.05, 4.69) is 20.4 Å². The molecule has 0 saturated carbocycles. The Hall–Kier alpha value is -3.21. The maximum absolute atomic E-state index is 13.9. The van der Waals surface area contributed by atoms with Crippen molar-refractivity contribution < 1.29 is 13.6 Å². The summed E-state index contributed by atoms with van der Waals surface area (Å²) in [6.45, 7) is 7.71. The lowest BCUT2D eigenvalue weighted by Crippen LogP contribution is -2.53. The molecule has 3 aromatic rings. The highest BCUT2D eigenvalue weighted by Crippen LogP contribution is 2.20. The third kappa shape index (κ3) is 4.76. The van der Waals surface area contributed by atoms with Gasteiger partial charge in [0, 0.05) is 38.8 Å². The number of nitrogens with one attached hydrogen (secondary N) is 1. The predicted octanol–water partition coefficient (Wildman–Crippen LogP) is 1.66. The number of hydrogen-bond donors (Lipinski definition) is 2. The minimum Gasteiger partial charge on any atom is -0.461 e. The van der Waals surface area contributed by atoms with Crippen LogP contribution >= 0.6 is 0 Å². The number of alkyl halides is 1.